The first kappa shape index (κ1) is 11.6. The maximum atomic E-state index is 11.4. The van der Waals surface area contributed by atoms with E-state index in [1.807, 2.05) is 0 Å². The summed E-state index contributed by atoms with van der Waals surface area (Å²) in [5, 5.41) is 9.60. The quantitative estimate of drug-likeness (QED) is 0.723. The molecular formula is C10H16N2O3. The first-order valence-corrected chi connectivity index (χ1v) is 5.10. The van der Waals surface area contributed by atoms with Gasteiger partial charge in [-0.3, -0.25) is 14.3 Å². The van der Waals surface area contributed by atoms with Gasteiger partial charge in [0.1, 0.15) is 0 Å². The van der Waals surface area contributed by atoms with E-state index in [0.29, 0.717) is 6.54 Å². The number of aromatic amines is 1. The molecule has 0 saturated carbocycles. The highest BCUT2D eigenvalue weighted by molar-refractivity contribution is 5.20. The van der Waals surface area contributed by atoms with Crippen LogP contribution in [0.5, 0.6) is 5.88 Å². The van der Waals surface area contributed by atoms with Crippen molar-refractivity contribution in [2.45, 2.75) is 39.7 Å². The summed E-state index contributed by atoms with van der Waals surface area (Å²) in [5.41, 5.74) is -0.880. The second kappa shape index (κ2) is 4.82. The van der Waals surface area contributed by atoms with E-state index in [1.54, 1.807) is 0 Å². The molecule has 1 rings (SSSR count). The van der Waals surface area contributed by atoms with Gasteiger partial charge in [-0.25, -0.2) is 4.79 Å². The first-order chi connectivity index (χ1) is 7.07. The summed E-state index contributed by atoms with van der Waals surface area (Å²) < 4.78 is 1.20. The maximum Gasteiger partial charge on any atom is 0.331 e. The fraction of sp³-hybridized carbons (Fsp3) is 0.600. The van der Waals surface area contributed by atoms with Crippen molar-refractivity contribution in [1.82, 2.24) is 9.55 Å². The number of hydrogen-bond acceptors (Lipinski definition) is 3. The van der Waals surface area contributed by atoms with Crippen molar-refractivity contribution in [3.63, 3.8) is 0 Å². The Bertz CT molecular complexity index is 445. The second-order valence-electron chi connectivity index (χ2n) is 3.57. The summed E-state index contributed by atoms with van der Waals surface area (Å²) in [6.07, 6.45) is 2.84. The number of rotatable bonds is 4. The van der Waals surface area contributed by atoms with Crippen LogP contribution in [0.4, 0.5) is 0 Å². The Hall–Kier alpha value is -1.52. The average molecular weight is 212 g/mol. The van der Waals surface area contributed by atoms with Crippen LogP contribution in [0.2, 0.25) is 0 Å². The molecule has 5 nitrogen and oxygen atoms in total. The molecule has 0 aliphatic rings. The van der Waals surface area contributed by atoms with Crippen molar-refractivity contribution in [2.75, 3.05) is 0 Å². The van der Waals surface area contributed by atoms with Gasteiger partial charge in [-0.15, -0.1) is 0 Å². The fourth-order valence-electron chi connectivity index (χ4n) is 1.39. The van der Waals surface area contributed by atoms with E-state index in [-0.39, 0.29) is 11.4 Å². The second-order valence-corrected chi connectivity index (χ2v) is 3.57. The molecule has 0 aliphatic carbocycles. The van der Waals surface area contributed by atoms with Crippen LogP contribution in [0, 0.1) is 6.92 Å². The number of nitrogens with one attached hydrogen (secondary N) is 1. The number of unbranched alkanes of at least 4 members (excludes halogenated alkanes) is 2. The van der Waals surface area contributed by atoms with E-state index >= 15 is 0 Å². The molecule has 0 amide bonds. The highest BCUT2D eigenvalue weighted by atomic mass is 16.3. The topological polar surface area (TPSA) is 75.1 Å². The van der Waals surface area contributed by atoms with Crippen LogP contribution in [0.3, 0.4) is 0 Å². The largest absolute Gasteiger partial charge is 0.494 e. The summed E-state index contributed by atoms with van der Waals surface area (Å²) in [6, 6.07) is 0. The Labute approximate surface area is 87.4 Å². The Morgan fingerprint density at radius 1 is 1.33 bits per heavy atom. The van der Waals surface area contributed by atoms with Gasteiger partial charge in [0.05, 0.1) is 5.56 Å². The third-order valence-electron chi connectivity index (χ3n) is 2.38. The van der Waals surface area contributed by atoms with Crippen LogP contribution >= 0.6 is 0 Å². The number of nitrogens with zero attached hydrogens (tertiary/aromatic N) is 1. The van der Waals surface area contributed by atoms with E-state index in [1.165, 1.54) is 11.5 Å². The van der Waals surface area contributed by atoms with Crippen LogP contribution in [0.25, 0.3) is 0 Å². The smallest absolute Gasteiger partial charge is 0.331 e. The molecule has 1 heterocycles. The molecule has 0 spiro atoms. The monoisotopic (exact) mass is 212 g/mol. The van der Waals surface area contributed by atoms with Gasteiger partial charge in [-0.05, 0) is 13.3 Å². The lowest BCUT2D eigenvalue weighted by atomic mass is 10.2. The summed E-state index contributed by atoms with van der Waals surface area (Å²) in [6.45, 7) is 3.99. The average Bonchev–Trinajstić information content (AvgIpc) is 2.20. The molecule has 0 bridgehead atoms. The van der Waals surface area contributed by atoms with Gasteiger partial charge in [-0.1, -0.05) is 19.8 Å². The number of H-pyrrole nitrogens is 1. The standard InChI is InChI=1S/C10H16N2O3/c1-3-4-5-6-12-9(14)7(2)8(13)11-10(12)15/h14H,3-6H2,1-2H3,(H,11,13,15). The maximum absolute atomic E-state index is 11.4. The minimum atomic E-state index is -0.542. The van der Waals surface area contributed by atoms with Gasteiger partial charge in [0.15, 0.2) is 0 Å². The summed E-state index contributed by atoms with van der Waals surface area (Å²) in [5.74, 6) is -0.222. The number of hydrogen-bond donors (Lipinski definition) is 2. The van der Waals surface area contributed by atoms with E-state index in [2.05, 4.69) is 11.9 Å². The molecule has 0 saturated heterocycles. The molecule has 84 valence electrons. The predicted molar refractivity (Wildman–Crippen MR) is 57.2 cm³/mol. The zero-order chi connectivity index (χ0) is 11.4. The van der Waals surface area contributed by atoms with Gasteiger partial charge < -0.3 is 5.11 Å². The number of aromatic nitrogens is 2. The zero-order valence-electron chi connectivity index (χ0n) is 9.04. The normalized spacial score (nSPS) is 10.5. The van der Waals surface area contributed by atoms with Crippen molar-refractivity contribution in [3.8, 4) is 5.88 Å². The van der Waals surface area contributed by atoms with Gasteiger partial charge >= 0.3 is 5.69 Å². The lowest BCUT2D eigenvalue weighted by Gasteiger charge is -2.08. The first-order valence-electron chi connectivity index (χ1n) is 5.10. The van der Waals surface area contributed by atoms with Gasteiger partial charge in [0, 0.05) is 6.54 Å². The van der Waals surface area contributed by atoms with Crippen molar-refractivity contribution in [3.05, 3.63) is 26.4 Å². The Morgan fingerprint density at radius 3 is 2.60 bits per heavy atom. The predicted octanol–water partition coefficient (Wildman–Crippen LogP) is 0.741. The summed E-state index contributed by atoms with van der Waals surface area (Å²) in [4.78, 5) is 24.6. The van der Waals surface area contributed by atoms with Crippen LogP contribution in [0.15, 0.2) is 9.59 Å². The minimum Gasteiger partial charge on any atom is -0.494 e. The van der Waals surface area contributed by atoms with Crippen molar-refractivity contribution < 1.29 is 5.11 Å². The molecule has 15 heavy (non-hydrogen) atoms. The van der Waals surface area contributed by atoms with Gasteiger partial charge in [0.2, 0.25) is 5.88 Å². The molecule has 0 atom stereocenters. The Kier molecular flexibility index (Phi) is 3.71. The molecule has 1 aromatic heterocycles. The van der Waals surface area contributed by atoms with E-state index in [4.69, 9.17) is 0 Å². The molecule has 2 N–H and O–H groups in total. The fourth-order valence-corrected chi connectivity index (χ4v) is 1.39. The minimum absolute atomic E-state index is 0.186. The molecule has 0 fully saturated rings. The van der Waals surface area contributed by atoms with Gasteiger partial charge in [-0.2, -0.15) is 0 Å². The SMILES string of the molecule is CCCCCn1c(O)c(C)c(=O)[nH]c1=O. The molecular weight excluding hydrogens is 196 g/mol. The third kappa shape index (κ3) is 2.49. The van der Waals surface area contributed by atoms with E-state index in [0.717, 1.165) is 19.3 Å². The van der Waals surface area contributed by atoms with Gasteiger partial charge in [0.25, 0.3) is 5.56 Å². The highest BCUT2D eigenvalue weighted by Gasteiger charge is 2.08. The Morgan fingerprint density at radius 2 is 2.00 bits per heavy atom. The van der Waals surface area contributed by atoms with Crippen molar-refractivity contribution in [1.29, 1.82) is 0 Å². The molecule has 0 radical (unpaired) electrons. The molecule has 1 aromatic rings. The van der Waals surface area contributed by atoms with Crippen LogP contribution < -0.4 is 11.2 Å². The van der Waals surface area contributed by atoms with E-state index in [9.17, 15) is 14.7 Å². The van der Waals surface area contributed by atoms with Crippen LogP contribution in [0.1, 0.15) is 31.7 Å². The van der Waals surface area contributed by atoms with Crippen molar-refractivity contribution >= 4 is 0 Å². The zero-order valence-corrected chi connectivity index (χ0v) is 9.04. The van der Waals surface area contributed by atoms with Crippen LogP contribution in [-0.2, 0) is 6.54 Å². The summed E-state index contributed by atoms with van der Waals surface area (Å²) in [7, 11) is 0. The molecule has 0 aromatic carbocycles. The lowest BCUT2D eigenvalue weighted by molar-refractivity contribution is 0.389. The third-order valence-corrected chi connectivity index (χ3v) is 2.38. The Balaban J connectivity index is 3.02. The van der Waals surface area contributed by atoms with E-state index < -0.39 is 11.2 Å². The summed E-state index contributed by atoms with van der Waals surface area (Å²) >= 11 is 0. The highest BCUT2D eigenvalue weighted by Crippen LogP contribution is 2.09. The molecule has 5 heteroatoms. The van der Waals surface area contributed by atoms with Crippen molar-refractivity contribution in [2.24, 2.45) is 0 Å². The molecule has 0 aliphatic heterocycles. The van der Waals surface area contributed by atoms with Crippen LogP contribution in [-0.4, -0.2) is 14.7 Å². The number of aromatic hydroxyl groups is 1. The lowest BCUT2D eigenvalue weighted by Crippen LogP contribution is -2.31. The molecule has 0 unspecified atom stereocenters.